The summed E-state index contributed by atoms with van der Waals surface area (Å²) in [7, 11) is 0. The van der Waals surface area contributed by atoms with Crippen LogP contribution in [0.4, 0.5) is 0 Å². The van der Waals surface area contributed by atoms with Crippen LogP contribution in [0.5, 0.6) is 0 Å². The Balaban J connectivity index is 3.74. The Labute approximate surface area is 176 Å². The molecule has 0 aliphatic carbocycles. The molecule has 1 N–H and O–H groups in total. The van der Waals surface area contributed by atoms with E-state index in [0.29, 0.717) is 0 Å². The van der Waals surface area contributed by atoms with Gasteiger partial charge in [-0.1, -0.05) is 91.9 Å². The largest absolute Gasteiger partial charge is 0.480 e. The van der Waals surface area contributed by atoms with Crippen molar-refractivity contribution in [2.24, 2.45) is 0 Å². The summed E-state index contributed by atoms with van der Waals surface area (Å²) in [6.45, 7) is 13.7. The molecule has 0 fully saturated rings. The number of aliphatic carboxylic acids is 1. The smallest absolute Gasteiger partial charge is 0.320 e. The number of unbranched alkanes of at least 4 members (excludes halogenated alkanes) is 10. The molecule has 0 bridgehead atoms. The fourth-order valence-electron chi connectivity index (χ4n) is 4.05. The van der Waals surface area contributed by atoms with Crippen molar-refractivity contribution in [2.45, 2.75) is 117 Å². The number of carboxylic acid groups (broad SMARTS) is 1. The molecule has 0 aliphatic heterocycles. The van der Waals surface area contributed by atoms with E-state index in [1.54, 1.807) is 0 Å². The van der Waals surface area contributed by atoms with Gasteiger partial charge in [-0.15, -0.1) is 0 Å². The van der Waals surface area contributed by atoms with Gasteiger partial charge >= 0.3 is 5.97 Å². The molecule has 0 saturated heterocycles. The van der Waals surface area contributed by atoms with Crippen LogP contribution in [0.25, 0.3) is 0 Å². The summed E-state index contributed by atoms with van der Waals surface area (Å²) >= 11 is 0. The molecule has 0 aromatic carbocycles. The van der Waals surface area contributed by atoms with E-state index in [4.69, 9.17) is 0 Å². The van der Waals surface area contributed by atoms with Crippen molar-refractivity contribution in [3.63, 3.8) is 0 Å². The highest BCUT2D eigenvalue weighted by Gasteiger charge is 2.22. The molecule has 168 valence electrons. The number of likely N-dealkylation sites (N-methyl/N-ethyl adjacent to an activating group) is 1. The first kappa shape index (κ1) is 27.4. The second-order valence-corrected chi connectivity index (χ2v) is 8.19. The van der Waals surface area contributed by atoms with Crippen LogP contribution in [0, 0.1) is 0 Å². The molecule has 4 heteroatoms. The maximum atomic E-state index is 11.5. The average molecular weight is 399 g/mol. The molecule has 0 heterocycles. The lowest BCUT2D eigenvalue weighted by atomic mass is 10.1. The summed E-state index contributed by atoms with van der Waals surface area (Å²) < 4.78 is 0. The fourth-order valence-corrected chi connectivity index (χ4v) is 4.05. The molecule has 0 amide bonds. The number of hydrogen-bond donors (Lipinski definition) is 1. The SMILES string of the molecule is CCCCCCCCCCCCN(CC)CCCCC(C(=O)O)N(CC)CC. The number of hydrogen-bond acceptors (Lipinski definition) is 3. The van der Waals surface area contributed by atoms with Crippen molar-refractivity contribution in [2.75, 3.05) is 32.7 Å². The Kier molecular flexibility index (Phi) is 19.3. The standard InChI is InChI=1S/C24H50N2O2/c1-5-9-10-11-12-13-14-15-16-18-21-25(6-2)22-19-17-20-23(24(27)28)26(7-3)8-4/h23H,5-22H2,1-4H3,(H,27,28). The van der Waals surface area contributed by atoms with Crippen molar-refractivity contribution in [3.8, 4) is 0 Å². The minimum atomic E-state index is -0.665. The molecule has 0 saturated carbocycles. The second kappa shape index (κ2) is 19.7. The molecule has 0 aliphatic rings. The summed E-state index contributed by atoms with van der Waals surface area (Å²) in [6, 6.07) is -0.313. The summed E-state index contributed by atoms with van der Waals surface area (Å²) in [5.41, 5.74) is 0. The Morgan fingerprint density at radius 3 is 1.57 bits per heavy atom. The zero-order valence-corrected chi connectivity index (χ0v) is 19.6. The van der Waals surface area contributed by atoms with Gasteiger partial charge in [-0.2, -0.15) is 0 Å². The van der Waals surface area contributed by atoms with E-state index in [9.17, 15) is 9.90 Å². The predicted molar refractivity (Wildman–Crippen MR) is 122 cm³/mol. The summed E-state index contributed by atoms with van der Waals surface area (Å²) in [4.78, 5) is 16.1. The van der Waals surface area contributed by atoms with Gasteiger partial charge in [0.25, 0.3) is 0 Å². The maximum Gasteiger partial charge on any atom is 0.320 e. The quantitative estimate of drug-likeness (QED) is 0.234. The van der Waals surface area contributed by atoms with Gasteiger partial charge in [0.1, 0.15) is 6.04 Å². The first-order valence-electron chi connectivity index (χ1n) is 12.3. The van der Waals surface area contributed by atoms with Crippen molar-refractivity contribution < 1.29 is 9.90 Å². The van der Waals surface area contributed by atoms with Crippen LogP contribution in [-0.4, -0.2) is 59.6 Å². The average Bonchev–Trinajstić information content (AvgIpc) is 2.69. The van der Waals surface area contributed by atoms with Crippen LogP contribution in [0.15, 0.2) is 0 Å². The third-order valence-electron chi connectivity index (χ3n) is 6.02. The van der Waals surface area contributed by atoms with Gasteiger partial charge in [0, 0.05) is 0 Å². The van der Waals surface area contributed by atoms with Gasteiger partial charge in [-0.05, 0) is 52.0 Å². The monoisotopic (exact) mass is 398 g/mol. The lowest BCUT2D eigenvalue weighted by Crippen LogP contribution is -2.41. The normalized spacial score (nSPS) is 12.8. The van der Waals surface area contributed by atoms with Crippen LogP contribution in [0.1, 0.15) is 111 Å². The lowest BCUT2D eigenvalue weighted by molar-refractivity contribution is -0.143. The minimum Gasteiger partial charge on any atom is -0.480 e. The molecular weight excluding hydrogens is 348 g/mol. The molecule has 28 heavy (non-hydrogen) atoms. The van der Waals surface area contributed by atoms with Crippen LogP contribution >= 0.6 is 0 Å². The Morgan fingerprint density at radius 2 is 1.14 bits per heavy atom. The van der Waals surface area contributed by atoms with Gasteiger partial charge in [0.15, 0.2) is 0 Å². The third kappa shape index (κ3) is 14.4. The summed E-state index contributed by atoms with van der Waals surface area (Å²) in [5, 5.41) is 9.47. The molecule has 0 aromatic rings. The third-order valence-corrected chi connectivity index (χ3v) is 6.02. The zero-order valence-electron chi connectivity index (χ0n) is 19.6. The molecule has 1 unspecified atom stereocenters. The Bertz CT molecular complexity index is 345. The highest BCUT2D eigenvalue weighted by molar-refractivity contribution is 5.73. The molecule has 0 rings (SSSR count). The Morgan fingerprint density at radius 1 is 0.679 bits per heavy atom. The van der Waals surface area contributed by atoms with E-state index in [2.05, 4.69) is 23.6 Å². The molecule has 0 aromatic heterocycles. The number of carbonyl (C=O) groups is 1. The van der Waals surface area contributed by atoms with Gasteiger partial charge in [0.2, 0.25) is 0 Å². The highest BCUT2D eigenvalue weighted by Crippen LogP contribution is 2.12. The van der Waals surface area contributed by atoms with Crippen LogP contribution < -0.4 is 0 Å². The predicted octanol–water partition coefficient (Wildman–Crippen LogP) is 6.19. The fraction of sp³-hybridized carbons (Fsp3) is 0.958. The first-order valence-corrected chi connectivity index (χ1v) is 12.3. The number of carboxylic acids is 1. The minimum absolute atomic E-state index is 0.313. The zero-order chi connectivity index (χ0) is 21.0. The number of nitrogens with zero attached hydrogens (tertiary/aromatic N) is 2. The van der Waals surface area contributed by atoms with E-state index in [1.165, 1.54) is 70.8 Å². The van der Waals surface area contributed by atoms with Crippen LogP contribution in [-0.2, 0) is 4.79 Å². The lowest BCUT2D eigenvalue weighted by Gasteiger charge is -2.26. The van der Waals surface area contributed by atoms with Gasteiger partial charge in [-0.3, -0.25) is 9.69 Å². The van der Waals surface area contributed by atoms with E-state index < -0.39 is 5.97 Å². The second-order valence-electron chi connectivity index (χ2n) is 8.19. The first-order chi connectivity index (χ1) is 13.6. The number of rotatable bonds is 21. The van der Waals surface area contributed by atoms with Crippen molar-refractivity contribution in [1.82, 2.24) is 9.80 Å². The van der Waals surface area contributed by atoms with E-state index >= 15 is 0 Å². The van der Waals surface area contributed by atoms with Gasteiger partial charge in [0.05, 0.1) is 0 Å². The van der Waals surface area contributed by atoms with Crippen LogP contribution in [0.3, 0.4) is 0 Å². The molecule has 0 spiro atoms. The van der Waals surface area contributed by atoms with Crippen molar-refractivity contribution in [1.29, 1.82) is 0 Å². The summed E-state index contributed by atoms with van der Waals surface area (Å²) in [6.07, 6.45) is 16.8. The van der Waals surface area contributed by atoms with Gasteiger partial charge < -0.3 is 10.0 Å². The molecule has 0 radical (unpaired) electrons. The molecule has 1 atom stereocenters. The summed E-state index contributed by atoms with van der Waals surface area (Å²) in [5.74, 6) is -0.665. The van der Waals surface area contributed by atoms with Crippen molar-refractivity contribution in [3.05, 3.63) is 0 Å². The Hall–Kier alpha value is -0.610. The van der Waals surface area contributed by atoms with Gasteiger partial charge in [-0.25, -0.2) is 0 Å². The van der Waals surface area contributed by atoms with E-state index in [0.717, 1.165) is 45.4 Å². The highest BCUT2D eigenvalue weighted by atomic mass is 16.4. The maximum absolute atomic E-state index is 11.5. The molecule has 4 nitrogen and oxygen atoms in total. The van der Waals surface area contributed by atoms with E-state index in [1.807, 2.05) is 13.8 Å². The van der Waals surface area contributed by atoms with Crippen LogP contribution in [0.2, 0.25) is 0 Å². The van der Waals surface area contributed by atoms with E-state index in [-0.39, 0.29) is 6.04 Å². The topological polar surface area (TPSA) is 43.8 Å². The molecular formula is C24H50N2O2. The van der Waals surface area contributed by atoms with Crippen molar-refractivity contribution >= 4 is 5.97 Å².